The molecule has 1 N–H and O–H groups in total. The molecule has 1 fully saturated rings. The van der Waals surface area contributed by atoms with Crippen LogP contribution in [0.2, 0.25) is 0 Å². The van der Waals surface area contributed by atoms with Crippen LogP contribution in [0.1, 0.15) is 35.8 Å². The van der Waals surface area contributed by atoms with Crippen molar-refractivity contribution in [2.45, 2.75) is 33.3 Å². The van der Waals surface area contributed by atoms with Gasteiger partial charge in [-0.05, 0) is 45.3 Å². The van der Waals surface area contributed by atoms with Crippen LogP contribution in [0.25, 0.3) is 0 Å². The molecular formula is C15H25N3O2. The van der Waals surface area contributed by atoms with Gasteiger partial charge in [0.15, 0.2) is 5.82 Å². The van der Waals surface area contributed by atoms with Crippen LogP contribution in [0, 0.1) is 19.8 Å². The molecule has 0 saturated carbocycles. The Morgan fingerprint density at radius 2 is 1.95 bits per heavy atom. The van der Waals surface area contributed by atoms with E-state index in [2.05, 4.69) is 36.1 Å². The second-order valence-corrected chi connectivity index (χ2v) is 5.53. The summed E-state index contributed by atoms with van der Waals surface area (Å²) in [5.41, 5.74) is 3.38. The van der Waals surface area contributed by atoms with Crippen molar-refractivity contribution in [2.75, 3.05) is 33.4 Å². The van der Waals surface area contributed by atoms with E-state index in [1.54, 1.807) is 0 Å². The third-order valence-corrected chi connectivity index (χ3v) is 3.65. The quantitative estimate of drug-likeness (QED) is 0.887. The summed E-state index contributed by atoms with van der Waals surface area (Å²) in [6, 6.07) is 0. The van der Waals surface area contributed by atoms with Crippen molar-refractivity contribution < 1.29 is 9.47 Å². The summed E-state index contributed by atoms with van der Waals surface area (Å²) < 4.78 is 11.1. The summed E-state index contributed by atoms with van der Waals surface area (Å²) in [7, 11) is 1.98. The van der Waals surface area contributed by atoms with Gasteiger partial charge in [0.2, 0.25) is 0 Å². The minimum atomic E-state index is -0.120. The van der Waals surface area contributed by atoms with Crippen LogP contribution in [0.5, 0.6) is 0 Å². The molecule has 1 aromatic rings. The van der Waals surface area contributed by atoms with E-state index >= 15 is 0 Å². The van der Waals surface area contributed by atoms with Gasteiger partial charge in [-0.1, -0.05) is 6.92 Å². The van der Waals surface area contributed by atoms with Gasteiger partial charge in [-0.2, -0.15) is 0 Å². The van der Waals surface area contributed by atoms with Gasteiger partial charge in [-0.25, -0.2) is 9.97 Å². The Morgan fingerprint density at radius 1 is 1.25 bits per heavy atom. The average molecular weight is 279 g/mol. The number of hydrogen-bond acceptors (Lipinski definition) is 5. The first kappa shape index (κ1) is 15.4. The van der Waals surface area contributed by atoms with Crippen molar-refractivity contribution in [1.29, 1.82) is 0 Å². The van der Waals surface area contributed by atoms with E-state index in [0.29, 0.717) is 25.7 Å². The van der Waals surface area contributed by atoms with E-state index < -0.39 is 0 Å². The van der Waals surface area contributed by atoms with Gasteiger partial charge in [0.25, 0.3) is 0 Å². The number of rotatable bonds is 5. The minimum absolute atomic E-state index is 0.120. The fraction of sp³-hybridized carbons (Fsp3) is 0.733. The maximum absolute atomic E-state index is 5.67. The maximum Gasteiger partial charge on any atom is 0.160 e. The van der Waals surface area contributed by atoms with E-state index in [4.69, 9.17) is 9.47 Å². The highest BCUT2D eigenvalue weighted by Crippen LogP contribution is 2.21. The fourth-order valence-electron chi connectivity index (χ4n) is 2.61. The zero-order chi connectivity index (χ0) is 14.5. The number of ether oxygens (including phenoxy) is 2. The molecule has 0 spiro atoms. The van der Waals surface area contributed by atoms with Gasteiger partial charge in [-0.15, -0.1) is 0 Å². The first-order valence-corrected chi connectivity index (χ1v) is 7.29. The Balaban J connectivity index is 2.15. The molecule has 1 saturated heterocycles. The van der Waals surface area contributed by atoms with Crippen LogP contribution in [0.4, 0.5) is 0 Å². The molecule has 1 aliphatic heterocycles. The highest BCUT2D eigenvalue weighted by molar-refractivity contribution is 5.25. The van der Waals surface area contributed by atoms with Crippen molar-refractivity contribution >= 4 is 0 Å². The van der Waals surface area contributed by atoms with Gasteiger partial charge < -0.3 is 14.8 Å². The molecule has 2 atom stereocenters. The van der Waals surface area contributed by atoms with Crippen molar-refractivity contribution in [3.8, 4) is 0 Å². The lowest BCUT2D eigenvalue weighted by atomic mass is 9.98. The fourth-order valence-corrected chi connectivity index (χ4v) is 2.61. The normalized spacial score (nSPS) is 20.9. The zero-order valence-electron chi connectivity index (χ0n) is 12.9. The van der Waals surface area contributed by atoms with Gasteiger partial charge in [0.05, 0.1) is 19.8 Å². The summed E-state index contributed by atoms with van der Waals surface area (Å²) >= 11 is 0. The minimum Gasteiger partial charge on any atom is -0.376 e. The van der Waals surface area contributed by atoms with Crippen LogP contribution >= 0.6 is 0 Å². The van der Waals surface area contributed by atoms with Crippen LogP contribution in [-0.2, 0) is 15.9 Å². The maximum atomic E-state index is 5.67. The lowest BCUT2D eigenvalue weighted by Crippen LogP contribution is -2.25. The topological polar surface area (TPSA) is 56.3 Å². The molecule has 0 aromatic carbocycles. The SMILES string of the molecule is CNCC(C)Cc1c(C)nc(C2COCCO2)nc1C. The predicted molar refractivity (Wildman–Crippen MR) is 77.8 cm³/mol. The van der Waals surface area contributed by atoms with Gasteiger partial charge in [-0.3, -0.25) is 0 Å². The molecule has 0 amide bonds. The summed E-state index contributed by atoms with van der Waals surface area (Å²) in [5.74, 6) is 1.32. The molecule has 2 heterocycles. The third-order valence-electron chi connectivity index (χ3n) is 3.65. The molecule has 1 aromatic heterocycles. The van der Waals surface area contributed by atoms with Crippen LogP contribution in [-0.4, -0.2) is 43.4 Å². The second-order valence-electron chi connectivity index (χ2n) is 5.53. The molecule has 0 radical (unpaired) electrons. The van der Waals surface area contributed by atoms with E-state index in [1.165, 1.54) is 5.56 Å². The Hall–Kier alpha value is -1.04. The van der Waals surface area contributed by atoms with Crippen molar-refractivity contribution in [3.05, 3.63) is 22.8 Å². The van der Waals surface area contributed by atoms with E-state index in [1.807, 2.05) is 7.05 Å². The Morgan fingerprint density at radius 3 is 2.50 bits per heavy atom. The summed E-state index contributed by atoms with van der Waals surface area (Å²) in [6.45, 7) is 9.18. The Kier molecular flexibility index (Phi) is 5.46. The molecule has 5 nitrogen and oxygen atoms in total. The number of hydrogen-bond donors (Lipinski definition) is 1. The summed E-state index contributed by atoms with van der Waals surface area (Å²) in [6.07, 6.45) is 0.880. The lowest BCUT2D eigenvalue weighted by molar-refractivity contribution is -0.0936. The number of nitrogens with one attached hydrogen (secondary N) is 1. The molecule has 112 valence electrons. The van der Waals surface area contributed by atoms with E-state index in [9.17, 15) is 0 Å². The zero-order valence-corrected chi connectivity index (χ0v) is 12.9. The molecular weight excluding hydrogens is 254 g/mol. The first-order valence-electron chi connectivity index (χ1n) is 7.29. The van der Waals surface area contributed by atoms with Gasteiger partial charge >= 0.3 is 0 Å². The molecule has 2 rings (SSSR count). The highest BCUT2D eigenvalue weighted by Gasteiger charge is 2.21. The first-order chi connectivity index (χ1) is 9.61. The molecule has 2 unspecified atom stereocenters. The monoisotopic (exact) mass is 279 g/mol. The molecule has 0 aliphatic carbocycles. The standard InChI is InChI=1S/C15H25N3O2/c1-10(8-16-4)7-13-11(2)17-15(18-12(13)3)14-9-19-5-6-20-14/h10,14,16H,5-9H2,1-4H3. The molecule has 0 bridgehead atoms. The largest absolute Gasteiger partial charge is 0.376 e. The predicted octanol–water partition coefficient (Wildman–Crippen LogP) is 1.58. The van der Waals surface area contributed by atoms with Crippen molar-refractivity contribution in [1.82, 2.24) is 15.3 Å². The third kappa shape index (κ3) is 3.75. The lowest BCUT2D eigenvalue weighted by Gasteiger charge is -2.23. The van der Waals surface area contributed by atoms with E-state index in [0.717, 1.165) is 30.2 Å². The number of nitrogens with zero attached hydrogens (tertiary/aromatic N) is 2. The molecule has 1 aliphatic rings. The van der Waals surface area contributed by atoms with Crippen molar-refractivity contribution in [2.24, 2.45) is 5.92 Å². The average Bonchev–Trinajstić information content (AvgIpc) is 2.44. The van der Waals surface area contributed by atoms with Gasteiger partial charge in [0.1, 0.15) is 6.10 Å². The Bertz CT molecular complexity index is 422. The number of aryl methyl sites for hydroxylation is 2. The molecule has 20 heavy (non-hydrogen) atoms. The van der Waals surface area contributed by atoms with Crippen LogP contribution < -0.4 is 5.32 Å². The van der Waals surface area contributed by atoms with Crippen LogP contribution in [0.15, 0.2) is 0 Å². The Labute approximate surface area is 121 Å². The van der Waals surface area contributed by atoms with E-state index in [-0.39, 0.29) is 6.10 Å². The van der Waals surface area contributed by atoms with Gasteiger partial charge in [0, 0.05) is 11.4 Å². The number of aromatic nitrogens is 2. The summed E-state index contributed by atoms with van der Waals surface area (Å²) in [4.78, 5) is 9.27. The smallest absolute Gasteiger partial charge is 0.160 e. The molecule has 5 heteroatoms. The summed E-state index contributed by atoms with van der Waals surface area (Å²) in [5, 5.41) is 3.21. The van der Waals surface area contributed by atoms with Crippen LogP contribution in [0.3, 0.4) is 0 Å². The van der Waals surface area contributed by atoms with Crippen molar-refractivity contribution in [3.63, 3.8) is 0 Å². The second kappa shape index (κ2) is 7.11. The highest BCUT2D eigenvalue weighted by atomic mass is 16.6.